The van der Waals surface area contributed by atoms with Crippen molar-refractivity contribution >= 4 is 13.0 Å². The highest BCUT2D eigenvalue weighted by Gasteiger charge is 2.68. The van der Waals surface area contributed by atoms with Crippen LogP contribution in [0.1, 0.15) is 70.7 Å². The van der Waals surface area contributed by atoms with Crippen molar-refractivity contribution in [2.75, 3.05) is 6.54 Å². The molecule has 3 N–H and O–H groups in total. The number of unbranched alkanes of at least 4 members (excludes halogenated alkanes) is 1. The Kier molecular flexibility index (Phi) is 7.75. The summed E-state index contributed by atoms with van der Waals surface area (Å²) in [5.74, 6) is 1.70. The predicted octanol–water partition coefficient (Wildman–Crippen LogP) is 3.33. The normalized spacial score (nSPS) is 28.4. The van der Waals surface area contributed by atoms with Gasteiger partial charge in [-0.15, -0.1) is 0 Å². The summed E-state index contributed by atoms with van der Waals surface area (Å²) in [7, 11) is -0.437. The molecule has 1 saturated heterocycles. The van der Waals surface area contributed by atoms with Crippen molar-refractivity contribution in [2.24, 2.45) is 23.0 Å². The number of nitrogens with two attached hydrogens (primary N) is 1. The van der Waals surface area contributed by atoms with E-state index in [0.29, 0.717) is 18.4 Å². The molecular weight excluding hydrogens is 465 g/mol. The van der Waals surface area contributed by atoms with Gasteiger partial charge in [-0.2, -0.15) is 5.10 Å². The fraction of sp³-hybridized carbons (Fsp3) is 0.679. The topological polar surface area (TPSA) is 104 Å². The van der Waals surface area contributed by atoms with Crippen LogP contribution in [0.15, 0.2) is 36.7 Å². The second kappa shape index (κ2) is 10.9. The summed E-state index contributed by atoms with van der Waals surface area (Å²) in [5.41, 5.74) is 7.05. The second-order valence-electron chi connectivity index (χ2n) is 12.0. The third-order valence-electron chi connectivity index (χ3n) is 9.31. The van der Waals surface area contributed by atoms with Gasteiger partial charge in [-0.3, -0.25) is 4.79 Å². The Morgan fingerprint density at radius 3 is 2.76 bits per heavy atom. The van der Waals surface area contributed by atoms with E-state index in [1.807, 2.05) is 6.07 Å². The zero-order valence-electron chi connectivity index (χ0n) is 22.6. The highest BCUT2D eigenvalue weighted by molar-refractivity contribution is 6.47. The molecule has 2 aromatic rings. The number of aromatic nitrogens is 3. The van der Waals surface area contributed by atoms with E-state index in [0.717, 1.165) is 50.8 Å². The van der Waals surface area contributed by atoms with Gasteiger partial charge in [-0.05, 0) is 74.8 Å². The minimum absolute atomic E-state index is 0.0923. The molecule has 0 spiro atoms. The number of aryl methyl sites for hydroxylation is 2. The average Bonchev–Trinajstić information content (AvgIpc) is 3.47. The summed E-state index contributed by atoms with van der Waals surface area (Å²) >= 11 is 0. The lowest BCUT2D eigenvalue weighted by molar-refractivity contribution is -0.199. The number of rotatable bonds is 12. The summed E-state index contributed by atoms with van der Waals surface area (Å²) in [4.78, 5) is 17.6. The van der Waals surface area contributed by atoms with Crippen molar-refractivity contribution in [1.82, 2.24) is 20.1 Å². The molecule has 4 aliphatic rings. The standard InChI is InChI=1S/C28H42BN5O3/c1-27(2)21-16-22(27)28(3)23(17-21)36-29(37-28)24(13-7-8-15-30)33-26(35)18-34-25(31-19-32-34)14-9-12-20-10-5-4-6-11-20/h4-6,10-11,19,21-24H,7-9,12-18,30H2,1-3H3,(H,33,35)/t21-,22-,23+,24-,28-/m0/s1. The number of nitrogens with zero attached hydrogens (tertiary/aromatic N) is 3. The van der Waals surface area contributed by atoms with Gasteiger partial charge in [0.05, 0.1) is 17.6 Å². The van der Waals surface area contributed by atoms with E-state index < -0.39 is 7.12 Å². The molecule has 1 amide bonds. The van der Waals surface area contributed by atoms with E-state index in [1.54, 1.807) is 4.68 Å². The maximum Gasteiger partial charge on any atom is 0.481 e. The quantitative estimate of drug-likeness (QED) is 0.337. The van der Waals surface area contributed by atoms with Gasteiger partial charge in [-0.1, -0.05) is 50.6 Å². The molecule has 8 nitrogen and oxygen atoms in total. The number of hydrogen-bond acceptors (Lipinski definition) is 6. The minimum atomic E-state index is -0.437. The summed E-state index contributed by atoms with van der Waals surface area (Å²) in [6.45, 7) is 7.71. The van der Waals surface area contributed by atoms with Crippen LogP contribution in [0.5, 0.6) is 0 Å². The number of nitrogens with one attached hydrogen (secondary N) is 1. The van der Waals surface area contributed by atoms with Crippen molar-refractivity contribution in [3.63, 3.8) is 0 Å². The third kappa shape index (κ3) is 5.36. The highest BCUT2D eigenvalue weighted by Crippen LogP contribution is 2.65. The Morgan fingerprint density at radius 2 is 2.00 bits per heavy atom. The van der Waals surface area contributed by atoms with Gasteiger partial charge >= 0.3 is 7.12 Å². The summed E-state index contributed by atoms with van der Waals surface area (Å²) in [6, 6.07) is 10.4. The predicted molar refractivity (Wildman–Crippen MR) is 143 cm³/mol. The number of carbonyl (C=O) groups is 1. The van der Waals surface area contributed by atoms with E-state index >= 15 is 0 Å². The Labute approximate surface area is 221 Å². The van der Waals surface area contributed by atoms with Crippen LogP contribution >= 0.6 is 0 Å². The van der Waals surface area contributed by atoms with Gasteiger partial charge < -0.3 is 20.4 Å². The number of amides is 1. The van der Waals surface area contributed by atoms with E-state index in [2.05, 4.69) is 60.4 Å². The van der Waals surface area contributed by atoms with Crippen LogP contribution in [0, 0.1) is 17.3 Å². The number of hydrogen-bond donors (Lipinski definition) is 2. The van der Waals surface area contributed by atoms with Crippen molar-refractivity contribution in [1.29, 1.82) is 0 Å². The monoisotopic (exact) mass is 507 g/mol. The molecule has 37 heavy (non-hydrogen) atoms. The summed E-state index contributed by atoms with van der Waals surface area (Å²) in [6.07, 6.45) is 9.16. The first-order chi connectivity index (χ1) is 17.8. The van der Waals surface area contributed by atoms with Crippen LogP contribution in [-0.4, -0.2) is 52.0 Å². The second-order valence-corrected chi connectivity index (χ2v) is 12.0. The first kappa shape index (κ1) is 26.4. The molecule has 2 bridgehead atoms. The van der Waals surface area contributed by atoms with E-state index in [9.17, 15) is 4.79 Å². The van der Waals surface area contributed by atoms with Gasteiger partial charge in [0.1, 0.15) is 18.7 Å². The number of benzene rings is 1. The Bertz CT molecular complexity index is 1060. The van der Waals surface area contributed by atoms with E-state index in [-0.39, 0.29) is 35.5 Å². The lowest BCUT2D eigenvalue weighted by atomic mass is 9.43. The van der Waals surface area contributed by atoms with Crippen LogP contribution in [0.2, 0.25) is 0 Å². The molecule has 2 heterocycles. The van der Waals surface area contributed by atoms with Gasteiger partial charge in [0.25, 0.3) is 0 Å². The van der Waals surface area contributed by atoms with Crippen molar-refractivity contribution in [3.05, 3.63) is 48.0 Å². The number of carbonyl (C=O) groups excluding carboxylic acids is 1. The Hall–Kier alpha value is -2.23. The van der Waals surface area contributed by atoms with Crippen LogP contribution in [0.25, 0.3) is 0 Å². The maximum absolute atomic E-state index is 13.2. The smallest absolute Gasteiger partial charge is 0.404 e. The average molecular weight is 507 g/mol. The third-order valence-corrected chi connectivity index (χ3v) is 9.31. The molecule has 9 heteroatoms. The largest absolute Gasteiger partial charge is 0.481 e. The van der Waals surface area contributed by atoms with Crippen molar-refractivity contribution in [2.45, 2.75) is 96.3 Å². The van der Waals surface area contributed by atoms with Crippen LogP contribution in [0.4, 0.5) is 0 Å². The van der Waals surface area contributed by atoms with Gasteiger partial charge in [0, 0.05) is 6.42 Å². The first-order valence-electron chi connectivity index (χ1n) is 14.0. The van der Waals surface area contributed by atoms with Gasteiger partial charge in [0.2, 0.25) is 5.91 Å². The lowest BCUT2D eigenvalue weighted by Gasteiger charge is -2.64. The SMILES string of the molecule is CC1(C)[C@@H]2C[C@H]3OB([C@H](CCCCN)NC(=O)Cn4ncnc4CCCc4ccccc4)O[C@@]3(C)[C@H]1C2. The molecule has 3 aliphatic carbocycles. The molecule has 1 aromatic carbocycles. The van der Waals surface area contributed by atoms with E-state index in [4.69, 9.17) is 15.0 Å². The Morgan fingerprint density at radius 1 is 1.19 bits per heavy atom. The molecule has 0 unspecified atom stereocenters. The lowest BCUT2D eigenvalue weighted by Crippen LogP contribution is -2.65. The zero-order valence-corrected chi connectivity index (χ0v) is 22.6. The summed E-state index contributed by atoms with van der Waals surface area (Å²) in [5, 5.41) is 7.55. The first-order valence-corrected chi connectivity index (χ1v) is 14.0. The molecule has 5 atom stereocenters. The van der Waals surface area contributed by atoms with Crippen molar-refractivity contribution < 1.29 is 14.1 Å². The summed E-state index contributed by atoms with van der Waals surface area (Å²) < 4.78 is 14.9. The fourth-order valence-corrected chi connectivity index (χ4v) is 6.95. The van der Waals surface area contributed by atoms with E-state index in [1.165, 1.54) is 18.3 Å². The minimum Gasteiger partial charge on any atom is -0.404 e. The Balaban J connectivity index is 1.19. The van der Waals surface area contributed by atoms with Gasteiger partial charge in [0.15, 0.2) is 0 Å². The molecule has 4 fully saturated rings. The molecule has 200 valence electrons. The van der Waals surface area contributed by atoms with Crippen molar-refractivity contribution in [3.8, 4) is 0 Å². The maximum atomic E-state index is 13.2. The molecule has 3 saturated carbocycles. The highest BCUT2D eigenvalue weighted by atomic mass is 16.7. The molecule has 0 radical (unpaired) electrons. The fourth-order valence-electron chi connectivity index (χ4n) is 6.95. The molecular formula is C28H42BN5O3. The van der Waals surface area contributed by atoms with Crippen LogP contribution in [-0.2, 0) is 33.5 Å². The molecule has 6 rings (SSSR count). The van der Waals surface area contributed by atoms with Gasteiger partial charge in [-0.25, -0.2) is 9.67 Å². The zero-order chi connectivity index (χ0) is 26.0. The molecule has 1 aromatic heterocycles. The molecule has 1 aliphatic heterocycles. The van der Waals surface area contributed by atoms with Crippen LogP contribution < -0.4 is 11.1 Å². The van der Waals surface area contributed by atoms with Crippen LogP contribution in [0.3, 0.4) is 0 Å².